The van der Waals surface area contributed by atoms with Crippen LogP contribution in [0.3, 0.4) is 0 Å². The fourth-order valence-electron chi connectivity index (χ4n) is 5.96. The van der Waals surface area contributed by atoms with Crippen LogP contribution in [0.2, 0.25) is 0 Å². The predicted molar refractivity (Wildman–Crippen MR) is 104 cm³/mol. The van der Waals surface area contributed by atoms with E-state index in [0.29, 0.717) is 11.8 Å². The second-order valence-corrected chi connectivity index (χ2v) is 9.98. The molecule has 4 fully saturated rings. The number of primary amides is 1. The number of nitrogens with one attached hydrogen (secondary N) is 1. The van der Waals surface area contributed by atoms with Crippen LogP contribution in [0, 0.1) is 17.8 Å². The molecule has 1 aromatic carbocycles. The predicted octanol–water partition coefficient (Wildman–Crippen LogP) is 3.73. The first kappa shape index (κ1) is 18.9. The highest BCUT2D eigenvalue weighted by atomic mass is 35.5. The van der Waals surface area contributed by atoms with Crippen LogP contribution in [-0.4, -0.2) is 28.4 Å². The van der Waals surface area contributed by atoms with E-state index in [2.05, 4.69) is 10.1 Å². The lowest BCUT2D eigenvalue weighted by Crippen LogP contribution is -2.62. The molecule has 6 atom stereocenters. The van der Waals surface area contributed by atoms with E-state index in [1.165, 1.54) is 0 Å². The Morgan fingerprint density at radius 3 is 2.59 bits per heavy atom. The third kappa shape index (κ3) is 3.64. The van der Waals surface area contributed by atoms with Crippen molar-refractivity contribution in [1.82, 2.24) is 5.32 Å². The quantitative estimate of drug-likeness (QED) is 0.725. The molecule has 146 valence electrons. The summed E-state index contributed by atoms with van der Waals surface area (Å²) in [5.41, 5.74) is 5.98. The smallest absolute Gasteiger partial charge is 0.405 e. The van der Waals surface area contributed by atoms with Crippen molar-refractivity contribution < 1.29 is 14.3 Å². The maximum Gasteiger partial charge on any atom is 0.405 e. The number of ether oxygens (including phenoxy) is 1. The van der Waals surface area contributed by atoms with E-state index in [4.69, 9.17) is 28.9 Å². The number of amides is 2. The van der Waals surface area contributed by atoms with Gasteiger partial charge in [0.25, 0.3) is 5.91 Å². The molecule has 0 saturated heterocycles. The first-order valence-corrected chi connectivity index (χ1v) is 10.2. The van der Waals surface area contributed by atoms with Crippen molar-refractivity contribution in [3.05, 3.63) is 35.9 Å². The topological polar surface area (TPSA) is 81.4 Å². The minimum atomic E-state index is -0.964. The average molecular weight is 411 g/mol. The van der Waals surface area contributed by atoms with Gasteiger partial charge in [-0.05, 0) is 49.5 Å². The maximum atomic E-state index is 12.4. The lowest BCUT2D eigenvalue weighted by Gasteiger charge is -2.63. The minimum Gasteiger partial charge on any atom is -0.440 e. The molecular formula is C20H24Cl2N2O3. The van der Waals surface area contributed by atoms with Gasteiger partial charge in [0.1, 0.15) is 0 Å². The summed E-state index contributed by atoms with van der Waals surface area (Å²) in [5, 5.41) is 3.06. The zero-order valence-corrected chi connectivity index (χ0v) is 16.5. The molecule has 1 aromatic rings. The first-order valence-electron chi connectivity index (χ1n) is 9.42. The van der Waals surface area contributed by atoms with Crippen molar-refractivity contribution in [2.75, 3.05) is 6.61 Å². The normalized spacial score (nSPS) is 37.6. The summed E-state index contributed by atoms with van der Waals surface area (Å²) in [4.78, 5) is 22.6. The molecular weight excluding hydrogens is 387 g/mol. The molecule has 5 nitrogen and oxygen atoms in total. The van der Waals surface area contributed by atoms with Gasteiger partial charge in [-0.15, -0.1) is 23.2 Å². The summed E-state index contributed by atoms with van der Waals surface area (Å²) in [6, 6.07) is 9.60. The third-order valence-corrected chi connectivity index (χ3v) is 7.42. The molecule has 4 saturated carbocycles. The van der Waals surface area contributed by atoms with E-state index in [0.717, 1.165) is 37.7 Å². The highest BCUT2D eigenvalue weighted by molar-refractivity contribution is 6.28. The lowest BCUT2D eigenvalue weighted by atomic mass is 9.49. The van der Waals surface area contributed by atoms with Gasteiger partial charge in [-0.3, -0.25) is 4.79 Å². The second kappa shape index (κ2) is 6.85. The van der Waals surface area contributed by atoms with Gasteiger partial charge < -0.3 is 15.8 Å². The monoisotopic (exact) mass is 410 g/mol. The Kier molecular flexibility index (Phi) is 4.79. The van der Waals surface area contributed by atoms with Gasteiger partial charge in [-0.25, -0.2) is 4.79 Å². The number of halogens is 2. The number of benzene rings is 1. The molecule has 2 amide bonds. The minimum absolute atomic E-state index is 0.0857. The Bertz CT molecular complexity index is 746. The van der Waals surface area contributed by atoms with Crippen molar-refractivity contribution in [3.63, 3.8) is 0 Å². The number of carbonyl (C=O) groups excluding carboxylic acids is 2. The summed E-state index contributed by atoms with van der Waals surface area (Å²) in [5.74, 6) is 0.637. The Morgan fingerprint density at radius 1 is 1.22 bits per heavy atom. The van der Waals surface area contributed by atoms with Crippen molar-refractivity contribution in [2.24, 2.45) is 23.5 Å². The van der Waals surface area contributed by atoms with Crippen molar-refractivity contribution in [2.45, 2.75) is 47.9 Å². The molecule has 4 aliphatic rings. The zero-order chi connectivity index (χ0) is 19.2. The van der Waals surface area contributed by atoms with Crippen LogP contribution in [-0.2, 0) is 9.53 Å². The fourth-order valence-corrected chi connectivity index (χ4v) is 7.46. The van der Waals surface area contributed by atoms with Crippen molar-refractivity contribution in [1.29, 1.82) is 0 Å². The van der Waals surface area contributed by atoms with Crippen LogP contribution in [0.15, 0.2) is 30.3 Å². The summed E-state index contributed by atoms with van der Waals surface area (Å²) in [6.07, 6.45) is 3.81. The second-order valence-electron chi connectivity index (χ2n) is 8.43. The molecule has 4 bridgehead atoms. The summed E-state index contributed by atoms with van der Waals surface area (Å²) in [6.45, 7) is -0.395. The van der Waals surface area contributed by atoms with Gasteiger partial charge >= 0.3 is 6.09 Å². The van der Waals surface area contributed by atoms with Crippen LogP contribution in [0.25, 0.3) is 0 Å². The average Bonchev–Trinajstić information content (AvgIpc) is 2.57. The van der Waals surface area contributed by atoms with Gasteiger partial charge in [0.05, 0.1) is 10.9 Å². The molecule has 0 aliphatic heterocycles. The van der Waals surface area contributed by atoms with E-state index in [1.54, 1.807) is 0 Å². The highest BCUT2D eigenvalue weighted by Crippen LogP contribution is 2.66. The van der Waals surface area contributed by atoms with Crippen LogP contribution in [0.5, 0.6) is 0 Å². The molecule has 5 rings (SSSR count). The van der Waals surface area contributed by atoms with Gasteiger partial charge in [0, 0.05) is 10.8 Å². The first-order chi connectivity index (χ1) is 12.8. The Hall–Kier alpha value is -1.46. The van der Waals surface area contributed by atoms with Crippen molar-refractivity contribution in [3.8, 4) is 0 Å². The summed E-state index contributed by atoms with van der Waals surface area (Å²) >= 11 is 14.1. The molecule has 27 heavy (non-hydrogen) atoms. The zero-order valence-electron chi connectivity index (χ0n) is 15.0. The van der Waals surface area contributed by atoms with Crippen LogP contribution < -0.4 is 11.1 Å². The Morgan fingerprint density at radius 2 is 1.96 bits per heavy atom. The molecule has 3 N–H and O–H groups in total. The standard InChI is InChI=1S/C20H24Cl2N2O3/c21-19-7-12-6-14(9-19)16(20(22,8-12)11-19)17(13-4-2-1-3-5-13)24-15(25)10-27-18(23)26/h1-5,12,14,16-17H,6-11H2,(H2,23,26)(H,24,25)/t12-,14+,16-,17+,19+,20+/m1/s1. The Labute approximate surface area is 168 Å². The fraction of sp³-hybridized carbons (Fsp3) is 0.600. The summed E-state index contributed by atoms with van der Waals surface area (Å²) in [7, 11) is 0. The van der Waals surface area contributed by atoms with E-state index in [9.17, 15) is 9.59 Å². The van der Waals surface area contributed by atoms with Crippen LogP contribution >= 0.6 is 23.2 Å². The van der Waals surface area contributed by atoms with Crippen LogP contribution in [0.1, 0.15) is 43.7 Å². The SMILES string of the molecule is NC(=O)OCC(=O)N[C@@H](c1ccccc1)[C@H]1[C@H]2C[C@@H]3C[C@](Cl)(C2)C[C@@]1(Cl)C3. The molecule has 0 heterocycles. The van der Waals surface area contributed by atoms with Crippen molar-refractivity contribution >= 4 is 35.2 Å². The van der Waals surface area contributed by atoms with Gasteiger partial charge in [-0.2, -0.15) is 0 Å². The highest BCUT2D eigenvalue weighted by Gasteiger charge is 2.63. The van der Waals surface area contributed by atoms with E-state index >= 15 is 0 Å². The largest absolute Gasteiger partial charge is 0.440 e. The number of alkyl halides is 2. The van der Waals surface area contributed by atoms with Crippen LogP contribution in [0.4, 0.5) is 4.79 Å². The van der Waals surface area contributed by atoms with E-state index < -0.39 is 17.6 Å². The number of carbonyl (C=O) groups is 2. The van der Waals surface area contributed by atoms with Gasteiger partial charge in [0.2, 0.25) is 0 Å². The number of rotatable bonds is 5. The van der Waals surface area contributed by atoms with Gasteiger partial charge in [-0.1, -0.05) is 30.3 Å². The summed E-state index contributed by atoms with van der Waals surface area (Å²) < 4.78 is 4.66. The Balaban J connectivity index is 1.63. The third-order valence-electron chi connectivity index (χ3n) is 6.44. The molecule has 4 aliphatic carbocycles. The van der Waals surface area contributed by atoms with E-state index in [-0.39, 0.29) is 22.7 Å². The molecule has 0 aromatic heterocycles. The van der Waals surface area contributed by atoms with E-state index in [1.807, 2.05) is 30.3 Å². The maximum absolute atomic E-state index is 12.4. The van der Waals surface area contributed by atoms with Gasteiger partial charge in [0.15, 0.2) is 6.61 Å². The molecule has 7 heteroatoms. The number of nitrogens with two attached hydrogens (primary N) is 1. The molecule has 0 unspecified atom stereocenters. The molecule has 0 spiro atoms. The number of hydrogen-bond acceptors (Lipinski definition) is 3. The number of hydrogen-bond donors (Lipinski definition) is 2. The molecule has 0 radical (unpaired) electrons. The lowest BCUT2D eigenvalue weighted by molar-refractivity contribution is -0.126.